The molecule has 2 aromatic carbocycles. The fourth-order valence-corrected chi connectivity index (χ4v) is 3.71. The van der Waals surface area contributed by atoms with E-state index in [0.29, 0.717) is 11.1 Å². The van der Waals surface area contributed by atoms with E-state index in [-0.39, 0.29) is 35.0 Å². The number of hydrogen-bond acceptors (Lipinski definition) is 7. The molecular weight excluding hydrogens is 404 g/mol. The van der Waals surface area contributed by atoms with Gasteiger partial charge in [0.2, 0.25) is 0 Å². The van der Waals surface area contributed by atoms with Crippen LogP contribution in [0.25, 0.3) is 16.5 Å². The van der Waals surface area contributed by atoms with Gasteiger partial charge < -0.3 is 11.1 Å². The number of anilines is 2. The van der Waals surface area contributed by atoms with Crippen LogP contribution in [0.2, 0.25) is 0 Å². The lowest BCUT2D eigenvalue weighted by Gasteiger charge is -2.17. The van der Waals surface area contributed by atoms with E-state index in [1.807, 2.05) is 61.5 Å². The summed E-state index contributed by atoms with van der Waals surface area (Å²) >= 11 is 0. The molecule has 4 aromatic rings. The van der Waals surface area contributed by atoms with Crippen molar-refractivity contribution in [2.24, 2.45) is 0 Å². The highest BCUT2D eigenvalue weighted by Gasteiger charge is 2.19. The number of Topliss-reactive ketones (excluding diaryl/α,β-unsaturated/α-hetero) is 1. The molecule has 0 unspecified atom stereocenters. The summed E-state index contributed by atoms with van der Waals surface area (Å²) in [7, 11) is 0. The second-order valence-electron chi connectivity index (χ2n) is 7.42. The Balaban J connectivity index is 1.85. The third-order valence-electron chi connectivity index (χ3n) is 5.26. The van der Waals surface area contributed by atoms with Crippen LogP contribution in [0.3, 0.4) is 0 Å². The van der Waals surface area contributed by atoms with E-state index in [9.17, 15) is 9.59 Å². The van der Waals surface area contributed by atoms with Crippen LogP contribution in [0.15, 0.2) is 65.7 Å². The van der Waals surface area contributed by atoms with Gasteiger partial charge in [0.25, 0.3) is 5.56 Å². The van der Waals surface area contributed by atoms with E-state index in [1.54, 1.807) is 4.57 Å². The van der Waals surface area contributed by atoms with E-state index in [4.69, 9.17) is 11.1 Å². The van der Waals surface area contributed by atoms with Crippen LogP contribution >= 0.6 is 0 Å². The molecule has 0 radical (unpaired) electrons. The summed E-state index contributed by atoms with van der Waals surface area (Å²) < 4.78 is 1.66. The molecule has 0 aliphatic heterocycles. The molecule has 8 nitrogen and oxygen atoms in total. The Bertz CT molecular complexity index is 1410. The molecule has 0 amide bonds. The van der Waals surface area contributed by atoms with Crippen molar-refractivity contribution < 1.29 is 4.79 Å². The van der Waals surface area contributed by atoms with Gasteiger partial charge in [0.05, 0.1) is 17.5 Å². The standard InChI is InChI=1S/C24H22N6O2/c1-14-7-6-8-16-11-18(30(24(32)19(14)16)17-9-4-3-5-10-17)12-27-23-20(21(25)15(2)31)22(26)28-13-29-23/h3-11,13,25H,12H2,1-2H3,(H3,26,27,28,29). The molecule has 2 aromatic heterocycles. The number of carbonyl (C=O) groups excluding carboxylic acids is 1. The highest BCUT2D eigenvalue weighted by Crippen LogP contribution is 2.22. The van der Waals surface area contributed by atoms with E-state index in [0.717, 1.165) is 16.6 Å². The Kier molecular flexibility index (Phi) is 5.51. The zero-order valence-electron chi connectivity index (χ0n) is 17.7. The summed E-state index contributed by atoms with van der Waals surface area (Å²) in [5, 5.41) is 12.7. The normalized spacial score (nSPS) is 10.8. The van der Waals surface area contributed by atoms with Crippen LogP contribution in [0.5, 0.6) is 0 Å². The monoisotopic (exact) mass is 426 g/mol. The van der Waals surface area contributed by atoms with Gasteiger partial charge in [0.1, 0.15) is 23.7 Å². The number of rotatable bonds is 6. The third kappa shape index (κ3) is 3.74. The number of ketones is 1. The SMILES string of the molecule is CC(=O)C(=N)c1c(N)ncnc1NCc1cc2cccc(C)c2c(=O)n1-c1ccccc1. The molecule has 4 N–H and O–H groups in total. The molecule has 0 spiro atoms. The molecule has 0 aliphatic carbocycles. The number of para-hydroxylation sites is 1. The molecular formula is C24H22N6O2. The first-order valence-electron chi connectivity index (χ1n) is 10.0. The molecule has 0 aliphatic rings. The zero-order valence-corrected chi connectivity index (χ0v) is 17.7. The van der Waals surface area contributed by atoms with Crippen molar-refractivity contribution in [1.29, 1.82) is 5.41 Å². The summed E-state index contributed by atoms with van der Waals surface area (Å²) in [6.45, 7) is 3.42. The van der Waals surface area contributed by atoms with Crippen molar-refractivity contribution in [2.75, 3.05) is 11.1 Å². The number of nitrogens with one attached hydrogen (secondary N) is 2. The van der Waals surface area contributed by atoms with Gasteiger partial charge in [-0.1, -0.05) is 36.4 Å². The van der Waals surface area contributed by atoms with Crippen LogP contribution < -0.4 is 16.6 Å². The van der Waals surface area contributed by atoms with Crippen molar-refractivity contribution in [3.63, 3.8) is 0 Å². The van der Waals surface area contributed by atoms with Crippen molar-refractivity contribution in [3.05, 3.63) is 88.1 Å². The van der Waals surface area contributed by atoms with Crippen LogP contribution in [0.4, 0.5) is 11.6 Å². The Morgan fingerprint density at radius 2 is 1.88 bits per heavy atom. The number of aromatic nitrogens is 3. The molecule has 32 heavy (non-hydrogen) atoms. The van der Waals surface area contributed by atoms with E-state index < -0.39 is 5.78 Å². The first-order chi connectivity index (χ1) is 15.4. The Morgan fingerprint density at radius 1 is 1.12 bits per heavy atom. The topological polar surface area (TPSA) is 127 Å². The largest absolute Gasteiger partial charge is 0.383 e. The summed E-state index contributed by atoms with van der Waals surface area (Å²) in [5.74, 6) is -0.150. The molecule has 160 valence electrons. The minimum Gasteiger partial charge on any atom is -0.383 e. The lowest BCUT2D eigenvalue weighted by molar-refractivity contribution is -0.111. The number of aryl methyl sites for hydroxylation is 1. The van der Waals surface area contributed by atoms with Crippen molar-refractivity contribution >= 4 is 33.9 Å². The predicted molar refractivity (Wildman–Crippen MR) is 126 cm³/mol. The highest BCUT2D eigenvalue weighted by atomic mass is 16.1. The van der Waals surface area contributed by atoms with Gasteiger partial charge in [-0.3, -0.25) is 19.6 Å². The fourth-order valence-electron chi connectivity index (χ4n) is 3.71. The Morgan fingerprint density at radius 3 is 2.59 bits per heavy atom. The molecule has 0 fully saturated rings. The maximum atomic E-state index is 13.5. The second-order valence-corrected chi connectivity index (χ2v) is 7.42. The van der Waals surface area contributed by atoms with Gasteiger partial charge in [-0.05, 0) is 36.1 Å². The number of nitrogens with zero attached hydrogens (tertiary/aromatic N) is 3. The number of benzene rings is 2. The van der Waals surface area contributed by atoms with E-state index in [2.05, 4.69) is 15.3 Å². The minimum absolute atomic E-state index is 0.0392. The number of hydrogen-bond donors (Lipinski definition) is 3. The fraction of sp³-hybridized carbons (Fsp3) is 0.125. The van der Waals surface area contributed by atoms with Gasteiger partial charge >= 0.3 is 0 Å². The van der Waals surface area contributed by atoms with Crippen molar-refractivity contribution in [3.8, 4) is 5.69 Å². The van der Waals surface area contributed by atoms with Gasteiger partial charge in [-0.25, -0.2) is 9.97 Å². The summed E-state index contributed by atoms with van der Waals surface area (Å²) in [5.41, 5.74) is 8.00. The summed E-state index contributed by atoms with van der Waals surface area (Å²) in [6, 6.07) is 17.1. The quantitative estimate of drug-likeness (QED) is 0.406. The first kappa shape index (κ1) is 20.9. The van der Waals surface area contributed by atoms with E-state index in [1.165, 1.54) is 13.3 Å². The smallest absolute Gasteiger partial charge is 0.263 e. The average molecular weight is 426 g/mol. The molecule has 0 atom stereocenters. The highest BCUT2D eigenvalue weighted by molar-refractivity contribution is 6.46. The van der Waals surface area contributed by atoms with Crippen molar-refractivity contribution in [2.45, 2.75) is 20.4 Å². The summed E-state index contributed by atoms with van der Waals surface area (Å²) in [6.07, 6.45) is 1.27. The molecule has 0 saturated carbocycles. The summed E-state index contributed by atoms with van der Waals surface area (Å²) in [4.78, 5) is 33.4. The molecule has 8 heteroatoms. The van der Waals surface area contributed by atoms with Crippen LogP contribution in [-0.2, 0) is 11.3 Å². The van der Waals surface area contributed by atoms with Gasteiger partial charge in [-0.2, -0.15) is 0 Å². The van der Waals surface area contributed by atoms with Gasteiger partial charge in [0, 0.05) is 18.3 Å². The maximum absolute atomic E-state index is 13.5. The third-order valence-corrected chi connectivity index (χ3v) is 5.26. The molecule has 4 rings (SSSR count). The molecule has 0 saturated heterocycles. The molecule has 2 heterocycles. The molecule has 0 bridgehead atoms. The number of nitrogens with two attached hydrogens (primary N) is 1. The Labute approximate surface area is 184 Å². The van der Waals surface area contributed by atoms with E-state index >= 15 is 0 Å². The predicted octanol–water partition coefficient (Wildman–Crippen LogP) is 3.24. The minimum atomic E-state index is -0.447. The average Bonchev–Trinajstić information content (AvgIpc) is 2.77. The lowest BCUT2D eigenvalue weighted by atomic mass is 10.1. The number of carbonyl (C=O) groups is 1. The van der Waals surface area contributed by atoms with Crippen LogP contribution in [0, 0.1) is 12.3 Å². The second kappa shape index (κ2) is 8.43. The zero-order chi connectivity index (χ0) is 22.8. The first-order valence-corrected chi connectivity index (χ1v) is 10.0. The van der Waals surface area contributed by atoms with Crippen molar-refractivity contribution in [1.82, 2.24) is 14.5 Å². The maximum Gasteiger partial charge on any atom is 0.263 e. The number of fused-ring (bicyclic) bond motifs is 1. The van der Waals surface area contributed by atoms with Crippen LogP contribution in [0.1, 0.15) is 23.7 Å². The number of pyridine rings is 1. The number of nitrogen functional groups attached to an aromatic ring is 1. The lowest BCUT2D eigenvalue weighted by Crippen LogP contribution is -2.25. The van der Waals surface area contributed by atoms with Crippen LogP contribution in [-0.4, -0.2) is 26.0 Å². The Hall–Kier alpha value is -4.33. The van der Waals surface area contributed by atoms with Gasteiger partial charge in [-0.15, -0.1) is 0 Å². The van der Waals surface area contributed by atoms with Gasteiger partial charge in [0.15, 0.2) is 5.78 Å².